The Morgan fingerprint density at radius 1 is 1.22 bits per heavy atom. The number of likely N-dealkylation sites (N-methyl/N-ethyl adjacent to an activating group) is 1. The van der Waals surface area contributed by atoms with Crippen molar-refractivity contribution in [2.24, 2.45) is 11.8 Å². The molecule has 3 heteroatoms. The zero-order valence-electron chi connectivity index (χ0n) is 12.3. The Balaban J connectivity index is 1.58. The Morgan fingerprint density at radius 3 is 2.33 bits per heavy atom. The van der Waals surface area contributed by atoms with Crippen molar-refractivity contribution in [3.63, 3.8) is 0 Å². The molecule has 0 heterocycles. The van der Waals surface area contributed by atoms with Gasteiger partial charge in [-0.1, -0.05) is 0 Å². The van der Waals surface area contributed by atoms with Crippen molar-refractivity contribution in [1.82, 2.24) is 10.2 Å². The molecule has 0 aromatic heterocycles. The predicted molar refractivity (Wildman–Crippen MR) is 82.3 cm³/mol. The highest BCUT2D eigenvalue weighted by Crippen LogP contribution is 2.44. The lowest BCUT2D eigenvalue weighted by atomic mass is 10.1. The minimum Gasteiger partial charge on any atom is -0.312 e. The molecule has 2 nitrogen and oxygen atoms in total. The first-order chi connectivity index (χ1) is 8.72. The molecule has 106 valence electrons. The van der Waals surface area contributed by atoms with Gasteiger partial charge in [-0.2, -0.15) is 11.8 Å². The van der Waals surface area contributed by atoms with E-state index in [2.05, 4.69) is 30.4 Å². The maximum absolute atomic E-state index is 3.84. The first-order valence-corrected chi connectivity index (χ1v) is 9.04. The van der Waals surface area contributed by atoms with E-state index in [1.54, 1.807) is 0 Å². The Labute approximate surface area is 117 Å². The summed E-state index contributed by atoms with van der Waals surface area (Å²) in [4.78, 5) is 2.51. The molecule has 0 bridgehead atoms. The van der Waals surface area contributed by atoms with Gasteiger partial charge in [0.2, 0.25) is 0 Å². The van der Waals surface area contributed by atoms with Gasteiger partial charge in [0.25, 0.3) is 0 Å². The second-order valence-electron chi connectivity index (χ2n) is 6.27. The minimum absolute atomic E-state index is 0.722. The van der Waals surface area contributed by atoms with E-state index in [0.717, 1.165) is 23.9 Å². The molecule has 0 aromatic rings. The van der Waals surface area contributed by atoms with Crippen molar-refractivity contribution in [2.45, 2.75) is 51.1 Å². The van der Waals surface area contributed by atoms with Crippen molar-refractivity contribution >= 4 is 11.8 Å². The summed E-state index contributed by atoms with van der Waals surface area (Å²) in [5, 5.41) is 3.84. The third-order valence-corrected chi connectivity index (χ3v) is 5.24. The lowest BCUT2D eigenvalue weighted by Crippen LogP contribution is -2.40. The zero-order chi connectivity index (χ0) is 13.0. The average Bonchev–Trinajstić information content (AvgIpc) is 3.23. The number of nitrogens with zero attached hydrogens (tertiary/aromatic N) is 1. The SMILES string of the molecule is CSCCC(C)N(C)CCNC(C1CC1)C1CC1. The highest BCUT2D eigenvalue weighted by Gasteiger charge is 2.40. The second kappa shape index (κ2) is 7.16. The summed E-state index contributed by atoms with van der Waals surface area (Å²) in [6, 6.07) is 1.58. The van der Waals surface area contributed by atoms with E-state index in [-0.39, 0.29) is 0 Å². The van der Waals surface area contributed by atoms with E-state index in [1.165, 1.54) is 50.9 Å². The molecule has 1 unspecified atom stereocenters. The first-order valence-electron chi connectivity index (χ1n) is 7.65. The molecule has 0 spiro atoms. The van der Waals surface area contributed by atoms with Crippen molar-refractivity contribution in [3.8, 4) is 0 Å². The molecule has 18 heavy (non-hydrogen) atoms. The van der Waals surface area contributed by atoms with E-state index in [4.69, 9.17) is 0 Å². The Morgan fingerprint density at radius 2 is 1.83 bits per heavy atom. The lowest BCUT2D eigenvalue weighted by Gasteiger charge is -2.26. The van der Waals surface area contributed by atoms with E-state index < -0.39 is 0 Å². The molecule has 0 aromatic carbocycles. The van der Waals surface area contributed by atoms with Gasteiger partial charge < -0.3 is 10.2 Å². The van der Waals surface area contributed by atoms with Crippen LogP contribution in [0.15, 0.2) is 0 Å². The lowest BCUT2D eigenvalue weighted by molar-refractivity contribution is 0.245. The van der Waals surface area contributed by atoms with Crippen LogP contribution in [0.4, 0.5) is 0 Å². The molecule has 2 rings (SSSR count). The van der Waals surface area contributed by atoms with Crippen LogP contribution in [0, 0.1) is 11.8 Å². The van der Waals surface area contributed by atoms with E-state index in [1.807, 2.05) is 11.8 Å². The number of thioether (sulfide) groups is 1. The number of rotatable bonds is 10. The molecule has 1 atom stereocenters. The summed E-state index contributed by atoms with van der Waals surface area (Å²) >= 11 is 1.96. The van der Waals surface area contributed by atoms with Crippen LogP contribution >= 0.6 is 11.8 Å². The van der Waals surface area contributed by atoms with Crippen LogP contribution < -0.4 is 5.32 Å². The molecular formula is C15H30N2S. The van der Waals surface area contributed by atoms with Crippen molar-refractivity contribution in [2.75, 3.05) is 32.1 Å². The molecule has 0 aliphatic heterocycles. The number of hydrogen-bond acceptors (Lipinski definition) is 3. The maximum Gasteiger partial charge on any atom is 0.0124 e. The smallest absolute Gasteiger partial charge is 0.0124 e. The summed E-state index contributed by atoms with van der Waals surface area (Å²) in [5.41, 5.74) is 0. The molecule has 0 saturated heterocycles. The monoisotopic (exact) mass is 270 g/mol. The third kappa shape index (κ3) is 4.75. The largest absolute Gasteiger partial charge is 0.312 e. The predicted octanol–water partition coefficient (Wildman–Crippen LogP) is 2.84. The van der Waals surface area contributed by atoms with Gasteiger partial charge in [-0.3, -0.25) is 0 Å². The topological polar surface area (TPSA) is 15.3 Å². The van der Waals surface area contributed by atoms with Gasteiger partial charge in [0.1, 0.15) is 0 Å². The standard InChI is InChI=1S/C15H30N2S/c1-12(8-11-18-3)17(2)10-9-16-15(13-4-5-13)14-6-7-14/h12-16H,4-11H2,1-3H3. The fourth-order valence-electron chi connectivity index (χ4n) is 2.77. The van der Waals surface area contributed by atoms with Gasteiger partial charge in [0.15, 0.2) is 0 Å². The van der Waals surface area contributed by atoms with E-state index in [9.17, 15) is 0 Å². The van der Waals surface area contributed by atoms with Gasteiger partial charge in [-0.05, 0) is 69.9 Å². The summed E-state index contributed by atoms with van der Waals surface area (Å²) in [6.45, 7) is 4.73. The summed E-state index contributed by atoms with van der Waals surface area (Å²) in [6.07, 6.45) is 9.43. The molecule has 1 N–H and O–H groups in total. The Kier molecular flexibility index (Phi) is 5.84. The van der Waals surface area contributed by atoms with Gasteiger partial charge in [0.05, 0.1) is 0 Å². The first kappa shape index (κ1) is 14.7. The van der Waals surface area contributed by atoms with Crippen LogP contribution in [0.25, 0.3) is 0 Å². The fraction of sp³-hybridized carbons (Fsp3) is 1.00. The second-order valence-corrected chi connectivity index (χ2v) is 7.25. The van der Waals surface area contributed by atoms with Crippen LogP contribution in [0.1, 0.15) is 39.0 Å². The molecular weight excluding hydrogens is 240 g/mol. The highest BCUT2D eigenvalue weighted by molar-refractivity contribution is 7.98. The fourth-order valence-corrected chi connectivity index (χ4v) is 3.34. The third-order valence-electron chi connectivity index (χ3n) is 4.60. The molecule has 2 aliphatic carbocycles. The van der Waals surface area contributed by atoms with Gasteiger partial charge in [-0.25, -0.2) is 0 Å². The van der Waals surface area contributed by atoms with Crippen LogP contribution in [0.5, 0.6) is 0 Å². The number of nitrogens with one attached hydrogen (secondary N) is 1. The Hall–Kier alpha value is 0.270. The van der Waals surface area contributed by atoms with Crippen molar-refractivity contribution in [3.05, 3.63) is 0 Å². The number of hydrogen-bond donors (Lipinski definition) is 1. The zero-order valence-corrected chi connectivity index (χ0v) is 13.1. The maximum atomic E-state index is 3.84. The molecule has 2 fully saturated rings. The average molecular weight is 270 g/mol. The van der Waals surface area contributed by atoms with Gasteiger partial charge in [0, 0.05) is 25.2 Å². The van der Waals surface area contributed by atoms with Crippen molar-refractivity contribution < 1.29 is 0 Å². The van der Waals surface area contributed by atoms with Crippen LogP contribution in [0.3, 0.4) is 0 Å². The van der Waals surface area contributed by atoms with E-state index in [0.29, 0.717) is 0 Å². The van der Waals surface area contributed by atoms with Crippen molar-refractivity contribution in [1.29, 1.82) is 0 Å². The highest BCUT2D eigenvalue weighted by atomic mass is 32.2. The molecule has 2 aliphatic rings. The summed E-state index contributed by atoms with van der Waals surface area (Å²) in [5.74, 6) is 3.33. The van der Waals surface area contributed by atoms with Crippen LogP contribution in [-0.4, -0.2) is 49.1 Å². The molecule has 0 amide bonds. The molecule has 2 saturated carbocycles. The molecule has 0 radical (unpaired) electrons. The Bertz CT molecular complexity index is 227. The van der Waals surface area contributed by atoms with Crippen LogP contribution in [-0.2, 0) is 0 Å². The summed E-state index contributed by atoms with van der Waals surface area (Å²) < 4.78 is 0. The quantitative estimate of drug-likeness (QED) is 0.657. The minimum atomic E-state index is 0.722. The van der Waals surface area contributed by atoms with Gasteiger partial charge >= 0.3 is 0 Å². The van der Waals surface area contributed by atoms with Gasteiger partial charge in [-0.15, -0.1) is 0 Å². The van der Waals surface area contributed by atoms with E-state index >= 15 is 0 Å². The van der Waals surface area contributed by atoms with Crippen LogP contribution in [0.2, 0.25) is 0 Å². The summed E-state index contributed by atoms with van der Waals surface area (Å²) in [7, 11) is 2.27. The normalized spacial score (nSPS) is 21.8.